The van der Waals surface area contributed by atoms with E-state index in [0.29, 0.717) is 19.3 Å². The van der Waals surface area contributed by atoms with Crippen molar-refractivity contribution in [1.29, 1.82) is 0 Å². The minimum Gasteiger partial charge on any atom is -0.381 e. The van der Waals surface area contributed by atoms with Gasteiger partial charge >= 0.3 is 0 Å². The number of hydrogen-bond acceptors (Lipinski definition) is 3. The van der Waals surface area contributed by atoms with Gasteiger partial charge in [0, 0.05) is 45.2 Å². The molecule has 1 fully saturated rings. The van der Waals surface area contributed by atoms with E-state index in [0.717, 1.165) is 51.6 Å². The first kappa shape index (κ1) is 23.7. The molecule has 1 saturated heterocycles. The Kier molecular flexibility index (Phi) is 11.1. The number of guanidine groups is 1. The van der Waals surface area contributed by atoms with Crippen molar-refractivity contribution in [2.24, 2.45) is 4.99 Å². The van der Waals surface area contributed by atoms with Crippen LogP contribution in [-0.2, 0) is 29.2 Å². The molecule has 0 bridgehead atoms. The van der Waals surface area contributed by atoms with Crippen LogP contribution in [0.2, 0.25) is 0 Å². The van der Waals surface area contributed by atoms with Gasteiger partial charge in [0.25, 0.3) is 0 Å². The van der Waals surface area contributed by atoms with Crippen LogP contribution in [0.1, 0.15) is 30.9 Å². The van der Waals surface area contributed by atoms with Crippen LogP contribution in [0.4, 0.5) is 0 Å². The van der Waals surface area contributed by atoms with Gasteiger partial charge < -0.3 is 24.7 Å². The van der Waals surface area contributed by atoms with E-state index in [1.54, 1.807) is 0 Å². The lowest BCUT2D eigenvalue weighted by Gasteiger charge is -2.22. The Hall–Kier alpha value is -1.58. The van der Waals surface area contributed by atoms with Crippen molar-refractivity contribution in [3.05, 3.63) is 59.9 Å². The Labute approximate surface area is 191 Å². The number of aromatic nitrogens is 1. The Bertz CT molecular complexity index is 698. The van der Waals surface area contributed by atoms with Crippen molar-refractivity contribution < 1.29 is 9.47 Å². The molecular formula is C22H33IN4O2. The highest BCUT2D eigenvalue weighted by Crippen LogP contribution is 2.14. The summed E-state index contributed by atoms with van der Waals surface area (Å²) in [6.45, 7) is 7.62. The van der Waals surface area contributed by atoms with Gasteiger partial charge in [0.05, 0.1) is 19.3 Å². The van der Waals surface area contributed by atoms with E-state index >= 15 is 0 Å². The molecule has 3 rings (SSSR count). The molecule has 1 aliphatic rings. The first-order chi connectivity index (χ1) is 13.8. The molecule has 160 valence electrons. The second kappa shape index (κ2) is 13.6. The molecule has 0 atom stereocenters. The molecule has 2 aromatic rings. The predicted molar refractivity (Wildman–Crippen MR) is 128 cm³/mol. The van der Waals surface area contributed by atoms with Gasteiger partial charge in [-0.2, -0.15) is 0 Å². The lowest BCUT2D eigenvalue weighted by molar-refractivity contribution is -0.0390. The Morgan fingerprint density at radius 2 is 1.79 bits per heavy atom. The van der Waals surface area contributed by atoms with Crippen LogP contribution in [0.15, 0.2) is 53.8 Å². The van der Waals surface area contributed by atoms with E-state index < -0.39 is 0 Å². The zero-order valence-corrected chi connectivity index (χ0v) is 19.5. The monoisotopic (exact) mass is 512 g/mol. The summed E-state index contributed by atoms with van der Waals surface area (Å²) in [7, 11) is 0. The molecule has 0 amide bonds. The van der Waals surface area contributed by atoms with E-state index in [2.05, 4.69) is 58.8 Å². The highest BCUT2D eigenvalue weighted by atomic mass is 127. The summed E-state index contributed by atoms with van der Waals surface area (Å²) in [6, 6.07) is 12.6. The van der Waals surface area contributed by atoms with Crippen LogP contribution in [0.25, 0.3) is 0 Å². The molecule has 0 aliphatic carbocycles. The topological polar surface area (TPSA) is 59.8 Å². The maximum absolute atomic E-state index is 5.98. The van der Waals surface area contributed by atoms with Crippen LogP contribution in [0.5, 0.6) is 0 Å². The van der Waals surface area contributed by atoms with Crippen molar-refractivity contribution >= 4 is 29.9 Å². The SMILES string of the molecule is CCNC(=NCc1ccc(COC2CCOCC2)cc1)NCCn1cccc1.I. The summed E-state index contributed by atoms with van der Waals surface area (Å²) in [5.74, 6) is 0.849. The molecule has 2 N–H and O–H groups in total. The van der Waals surface area contributed by atoms with Crippen molar-refractivity contribution in [2.45, 2.75) is 45.6 Å². The van der Waals surface area contributed by atoms with Crippen LogP contribution in [0, 0.1) is 0 Å². The van der Waals surface area contributed by atoms with E-state index in [1.165, 1.54) is 11.1 Å². The molecule has 29 heavy (non-hydrogen) atoms. The van der Waals surface area contributed by atoms with Gasteiger partial charge in [0.2, 0.25) is 0 Å². The number of benzene rings is 1. The van der Waals surface area contributed by atoms with E-state index in [-0.39, 0.29) is 24.0 Å². The van der Waals surface area contributed by atoms with E-state index in [9.17, 15) is 0 Å². The number of rotatable bonds is 9. The number of aliphatic imine (C=N–C) groups is 1. The van der Waals surface area contributed by atoms with Crippen LogP contribution >= 0.6 is 24.0 Å². The molecule has 1 aliphatic heterocycles. The molecule has 2 heterocycles. The van der Waals surface area contributed by atoms with Crippen LogP contribution < -0.4 is 10.6 Å². The van der Waals surface area contributed by atoms with Crippen molar-refractivity contribution in [3.8, 4) is 0 Å². The maximum atomic E-state index is 5.98. The van der Waals surface area contributed by atoms with Crippen LogP contribution in [0.3, 0.4) is 0 Å². The quantitative estimate of drug-likeness (QED) is 0.307. The average molecular weight is 512 g/mol. The number of nitrogens with one attached hydrogen (secondary N) is 2. The first-order valence-corrected chi connectivity index (χ1v) is 10.2. The predicted octanol–water partition coefficient (Wildman–Crippen LogP) is 3.56. The number of ether oxygens (including phenoxy) is 2. The highest BCUT2D eigenvalue weighted by molar-refractivity contribution is 14.0. The summed E-state index contributed by atoms with van der Waals surface area (Å²) in [5.41, 5.74) is 2.40. The minimum absolute atomic E-state index is 0. The number of nitrogens with zero attached hydrogens (tertiary/aromatic N) is 2. The van der Waals surface area contributed by atoms with E-state index in [4.69, 9.17) is 14.5 Å². The zero-order chi connectivity index (χ0) is 19.4. The molecule has 0 saturated carbocycles. The third-order valence-electron chi connectivity index (χ3n) is 4.77. The lowest BCUT2D eigenvalue weighted by Crippen LogP contribution is -2.38. The van der Waals surface area contributed by atoms with Crippen molar-refractivity contribution in [1.82, 2.24) is 15.2 Å². The second-order valence-corrected chi connectivity index (χ2v) is 6.98. The molecule has 1 aromatic heterocycles. The third-order valence-corrected chi connectivity index (χ3v) is 4.77. The molecule has 7 heteroatoms. The standard InChI is InChI=1S/C22H32N4O2.HI/c1-2-23-22(24-11-14-26-12-3-4-13-26)25-17-19-5-7-20(8-6-19)18-28-21-9-15-27-16-10-21;/h3-8,12-13,21H,2,9-11,14-18H2,1H3,(H2,23,24,25);1H. The number of hydrogen-bond donors (Lipinski definition) is 2. The smallest absolute Gasteiger partial charge is 0.191 e. The maximum Gasteiger partial charge on any atom is 0.191 e. The molecular weight excluding hydrogens is 479 g/mol. The molecule has 0 radical (unpaired) electrons. The Morgan fingerprint density at radius 3 is 2.48 bits per heavy atom. The van der Waals surface area contributed by atoms with Crippen LogP contribution in [-0.4, -0.2) is 42.9 Å². The fourth-order valence-electron chi connectivity index (χ4n) is 3.13. The van der Waals surface area contributed by atoms with E-state index in [1.807, 2.05) is 12.1 Å². The van der Waals surface area contributed by atoms with Crippen molar-refractivity contribution in [3.63, 3.8) is 0 Å². The molecule has 0 unspecified atom stereocenters. The Balaban J connectivity index is 0.00000300. The summed E-state index contributed by atoms with van der Waals surface area (Å²) in [6.07, 6.45) is 6.46. The van der Waals surface area contributed by atoms with Gasteiger partial charge in [-0.25, -0.2) is 4.99 Å². The first-order valence-electron chi connectivity index (χ1n) is 10.2. The average Bonchev–Trinajstić information content (AvgIpc) is 3.25. The van der Waals surface area contributed by atoms with Gasteiger partial charge in [0.15, 0.2) is 5.96 Å². The van der Waals surface area contributed by atoms with Gasteiger partial charge in [0.1, 0.15) is 0 Å². The number of halogens is 1. The van der Waals surface area contributed by atoms with Gasteiger partial charge in [-0.05, 0) is 43.0 Å². The summed E-state index contributed by atoms with van der Waals surface area (Å²) in [5, 5.41) is 6.69. The minimum atomic E-state index is 0. The van der Waals surface area contributed by atoms with Gasteiger partial charge in [-0.1, -0.05) is 24.3 Å². The van der Waals surface area contributed by atoms with Gasteiger partial charge in [-0.3, -0.25) is 0 Å². The lowest BCUT2D eigenvalue weighted by atomic mass is 10.1. The largest absolute Gasteiger partial charge is 0.381 e. The summed E-state index contributed by atoms with van der Waals surface area (Å²) < 4.78 is 13.5. The highest BCUT2D eigenvalue weighted by Gasteiger charge is 2.13. The zero-order valence-electron chi connectivity index (χ0n) is 17.2. The second-order valence-electron chi connectivity index (χ2n) is 6.98. The fourth-order valence-corrected chi connectivity index (χ4v) is 3.13. The Morgan fingerprint density at radius 1 is 1.10 bits per heavy atom. The van der Waals surface area contributed by atoms with Crippen molar-refractivity contribution in [2.75, 3.05) is 26.3 Å². The molecule has 0 spiro atoms. The molecule has 1 aromatic carbocycles. The summed E-state index contributed by atoms with van der Waals surface area (Å²) >= 11 is 0. The fraction of sp³-hybridized carbons (Fsp3) is 0.500. The van der Waals surface area contributed by atoms with Gasteiger partial charge in [-0.15, -0.1) is 24.0 Å². The third kappa shape index (κ3) is 8.76. The molecule has 6 nitrogen and oxygen atoms in total. The summed E-state index contributed by atoms with van der Waals surface area (Å²) in [4.78, 5) is 4.69. The normalized spacial score (nSPS) is 15.0.